The Morgan fingerprint density at radius 2 is 1.55 bits per heavy atom. The normalized spacial score (nSPS) is 12.0. The predicted octanol–water partition coefficient (Wildman–Crippen LogP) is 6.04. The molecular weight excluding hydrogens is 369 g/mol. The van der Waals surface area contributed by atoms with Crippen LogP contribution in [0.2, 0.25) is 0 Å². The number of nitrogens with one attached hydrogen (secondary N) is 1. The Hall–Kier alpha value is -1.91. The van der Waals surface area contributed by atoms with Gasteiger partial charge in [-0.05, 0) is 30.5 Å². The summed E-state index contributed by atoms with van der Waals surface area (Å²) in [5.41, 5.74) is 0.193. The maximum absolute atomic E-state index is 13.3. The van der Waals surface area contributed by atoms with Crippen LogP contribution >= 0.6 is 0 Å². The van der Waals surface area contributed by atoms with Crippen molar-refractivity contribution in [2.45, 2.75) is 91.0 Å². The molecule has 1 unspecified atom stereocenters. The second kappa shape index (κ2) is 15.0. The van der Waals surface area contributed by atoms with Crippen molar-refractivity contribution in [2.75, 3.05) is 6.61 Å². The summed E-state index contributed by atoms with van der Waals surface area (Å²) < 4.78 is 18.7. The molecule has 1 amide bonds. The summed E-state index contributed by atoms with van der Waals surface area (Å²) in [6.45, 7) is 6.29. The Balaban J connectivity index is 2.23. The summed E-state index contributed by atoms with van der Waals surface area (Å²) in [5, 5.41) is 2.67. The molecular formula is C24H38FNO3. The van der Waals surface area contributed by atoms with Gasteiger partial charge in [-0.15, -0.1) is 0 Å². The van der Waals surface area contributed by atoms with Gasteiger partial charge in [-0.1, -0.05) is 84.6 Å². The molecule has 0 spiro atoms. The third-order valence-corrected chi connectivity index (χ3v) is 5.04. The number of ether oxygens (including phenoxy) is 1. The summed E-state index contributed by atoms with van der Waals surface area (Å²) in [7, 11) is 0. The second-order valence-corrected chi connectivity index (χ2v) is 8.05. The summed E-state index contributed by atoms with van der Waals surface area (Å²) in [6, 6.07) is 4.68. The van der Waals surface area contributed by atoms with E-state index in [1.165, 1.54) is 63.1 Å². The first-order valence-electron chi connectivity index (χ1n) is 11.2. The Morgan fingerprint density at radius 1 is 0.966 bits per heavy atom. The zero-order valence-corrected chi connectivity index (χ0v) is 18.3. The predicted molar refractivity (Wildman–Crippen MR) is 115 cm³/mol. The molecule has 0 saturated heterocycles. The van der Waals surface area contributed by atoms with Crippen molar-refractivity contribution in [3.8, 4) is 0 Å². The van der Waals surface area contributed by atoms with E-state index in [-0.39, 0.29) is 11.5 Å². The topological polar surface area (TPSA) is 55.4 Å². The number of unbranched alkanes of at least 4 members (excludes halogenated alkanes) is 9. The van der Waals surface area contributed by atoms with E-state index in [0.717, 1.165) is 25.3 Å². The zero-order valence-electron chi connectivity index (χ0n) is 18.3. The van der Waals surface area contributed by atoms with Crippen LogP contribution in [0.1, 0.15) is 95.3 Å². The Labute approximate surface area is 175 Å². The van der Waals surface area contributed by atoms with Gasteiger partial charge in [0, 0.05) is 5.56 Å². The standard InChI is InChI=1S/C24H38FNO3/c1-4-5-6-7-8-9-10-11-12-13-17-29-24(28)22(19(2)3)26-23(27)20-15-14-16-21(25)18-20/h14-16,18-19,22H,4-13,17H2,1-3H3,(H,26,27). The molecule has 0 aliphatic heterocycles. The third kappa shape index (κ3) is 11.0. The number of rotatable bonds is 15. The lowest BCUT2D eigenvalue weighted by atomic mass is 10.0. The van der Waals surface area contributed by atoms with E-state index in [1.807, 2.05) is 13.8 Å². The summed E-state index contributed by atoms with van der Waals surface area (Å²) in [4.78, 5) is 24.7. The molecule has 1 rings (SSSR count). The molecule has 0 aliphatic rings. The lowest BCUT2D eigenvalue weighted by molar-refractivity contribution is -0.147. The van der Waals surface area contributed by atoms with Crippen LogP contribution in [0.15, 0.2) is 24.3 Å². The Kier molecular flexibility index (Phi) is 13.0. The molecule has 0 heterocycles. The van der Waals surface area contributed by atoms with E-state index in [4.69, 9.17) is 4.74 Å². The van der Waals surface area contributed by atoms with Crippen molar-refractivity contribution in [3.63, 3.8) is 0 Å². The fourth-order valence-corrected chi connectivity index (χ4v) is 3.20. The minimum atomic E-state index is -0.742. The molecule has 164 valence electrons. The number of carbonyl (C=O) groups is 2. The van der Waals surface area contributed by atoms with E-state index >= 15 is 0 Å². The smallest absolute Gasteiger partial charge is 0.328 e. The van der Waals surface area contributed by atoms with Crippen molar-refractivity contribution >= 4 is 11.9 Å². The number of benzene rings is 1. The number of amides is 1. The highest BCUT2D eigenvalue weighted by molar-refractivity contribution is 5.96. The number of esters is 1. The quantitative estimate of drug-likeness (QED) is 0.285. The lowest BCUT2D eigenvalue weighted by Gasteiger charge is -2.21. The van der Waals surface area contributed by atoms with Crippen LogP contribution in [0.3, 0.4) is 0 Å². The Bertz CT molecular complexity index is 604. The molecule has 0 aliphatic carbocycles. The van der Waals surface area contributed by atoms with Gasteiger partial charge in [0.2, 0.25) is 0 Å². The fourth-order valence-electron chi connectivity index (χ4n) is 3.20. The molecule has 1 N–H and O–H groups in total. The highest BCUT2D eigenvalue weighted by atomic mass is 19.1. The van der Waals surface area contributed by atoms with E-state index in [9.17, 15) is 14.0 Å². The summed E-state index contributed by atoms with van der Waals surface area (Å²) in [6.07, 6.45) is 12.2. The van der Waals surface area contributed by atoms with Crippen molar-refractivity contribution in [1.82, 2.24) is 5.32 Å². The number of hydrogen-bond donors (Lipinski definition) is 1. The van der Waals surface area contributed by atoms with Crippen LogP contribution in [-0.2, 0) is 9.53 Å². The molecule has 1 aromatic carbocycles. The number of hydrogen-bond acceptors (Lipinski definition) is 3. The Morgan fingerprint density at radius 3 is 2.10 bits per heavy atom. The van der Waals surface area contributed by atoms with Gasteiger partial charge >= 0.3 is 5.97 Å². The SMILES string of the molecule is CCCCCCCCCCCCOC(=O)C(NC(=O)c1cccc(F)c1)C(C)C. The van der Waals surface area contributed by atoms with Crippen LogP contribution in [-0.4, -0.2) is 24.5 Å². The van der Waals surface area contributed by atoms with Gasteiger partial charge < -0.3 is 10.1 Å². The summed E-state index contributed by atoms with van der Waals surface area (Å²) >= 11 is 0. The van der Waals surface area contributed by atoms with Gasteiger partial charge in [0.05, 0.1) is 6.61 Å². The second-order valence-electron chi connectivity index (χ2n) is 8.05. The molecule has 0 bridgehead atoms. The maximum Gasteiger partial charge on any atom is 0.328 e. The first kappa shape index (κ1) is 25.1. The van der Waals surface area contributed by atoms with Gasteiger partial charge in [-0.25, -0.2) is 9.18 Å². The van der Waals surface area contributed by atoms with Gasteiger partial charge in [-0.2, -0.15) is 0 Å². The maximum atomic E-state index is 13.3. The van der Waals surface area contributed by atoms with Crippen LogP contribution < -0.4 is 5.32 Å². The van der Waals surface area contributed by atoms with Crippen molar-refractivity contribution < 1.29 is 18.7 Å². The molecule has 1 atom stereocenters. The molecule has 0 radical (unpaired) electrons. The summed E-state index contributed by atoms with van der Waals surface area (Å²) in [5.74, 6) is -1.50. The van der Waals surface area contributed by atoms with Crippen LogP contribution in [0.5, 0.6) is 0 Å². The van der Waals surface area contributed by atoms with E-state index in [2.05, 4.69) is 12.2 Å². The monoisotopic (exact) mass is 407 g/mol. The fraction of sp³-hybridized carbons (Fsp3) is 0.667. The number of halogens is 1. The van der Waals surface area contributed by atoms with Crippen molar-refractivity contribution in [1.29, 1.82) is 0 Å². The molecule has 0 saturated carbocycles. The van der Waals surface area contributed by atoms with E-state index in [0.29, 0.717) is 6.61 Å². The molecule has 1 aromatic rings. The average Bonchev–Trinajstić information content (AvgIpc) is 2.69. The first-order valence-corrected chi connectivity index (χ1v) is 11.2. The molecule has 5 heteroatoms. The van der Waals surface area contributed by atoms with Crippen LogP contribution in [0, 0.1) is 11.7 Å². The van der Waals surface area contributed by atoms with Gasteiger partial charge in [0.25, 0.3) is 5.91 Å². The highest BCUT2D eigenvalue weighted by Gasteiger charge is 2.26. The van der Waals surface area contributed by atoms with Crippen molar-refractivity contribution in [2.24, 2.45) is 5.92 Å². The highest BCUT2D eigenvalue weighted by Crippen LogP contribution is 2.12. The molecule has 29 heavy (non-hydrogen) atoms. The zero-order chi connectivity index (χ0) is 21.5. The number of carbonyl (C=O) groups excluding carboxylic acids is 2. The first-order chi connectivity index (χ1) is 14.0. The minimum absolute atomic E-state index is 0.118. The van der Waals surface area contributed by atoms with Gasteiger partial charge in [-0.3, -0.25) is 4.79 Å². The van der Waals surface area contributed by atoms with E-state index < -0.39 is 23.7 Å². The third-order valence-electron chi connectivity index (χ3n) is 5.04. The van der Waals surface area contributed by atoms with Crippen LogP contribution in [0.4, 0.5) is 4.39 Å². The van der Waals surface area contributed by atoms with E-state index in [1.54, 1.807) is 0 Å². The van der Waals surface area contributed by atoms with Gasteiger partial charge in [0.15, 0.2) is 0 Å². The molecule has 0 fully saturated rings. The van der Waals surface area contributed by atoms with Crippen LogP contribution in [0.25, 0.3) is 0 Å². The average molecular weight is 408 g/mol. The van der Waals surface area contributed by atoms with Crippen molar-refractivity contribution in [3.05, 3.63) is 35.6 Å². The molecule has 4 nitrogen and oxygen atoms in total. The van der Waals surface area contributed by atoms with Gasteiger partial charge in [0.1, 0.15) is 11.9 Å². The lowest BCUT2D eigenvalue weighted by Crippen LogP contribution is -2.45. The largest absolute Gasteiger partial charge is 0.464 e. The molecule has 0 aromatic heterocycles. The minimum Gasteiger partial charge on any atom is -0.464 e.